The predicted octanol–water partition coefficient (Wildman–Crippen LogP) is 2.67. The molecule has 0 aromatic heterocycles. The first kappa shape index (κ1) is 15.7. The quantitative estimate of drug-likeness (QED) is 0.897. The van der Waals surface area contributed by atoms with Crippen molar-refractivity contribution in [3.05, 3.63) is 29.8 Å². The summed E-state index contributed by atoms with van der Waals surface area (Å²) >= 11 is 1.88. The van der Waals surface area contributed by atoms with Gasteiger partial charge in [0.25, 0.3) is 0 Å². The Bertz CT molecular complexity index is 521. The minimum Gasteiger partial charge on any atom is -0.481 e. The fourth-order valence-electron chi connectivity index (χ4n) is 2.26. The van der Waals surface area contributed by atoms with Crippen LogP contribution in [0, 0.1) is 0 Å². The highest BCUT2D eigenvalue weighted by Crippen LogP contribution is 2.19. The van der Waals surface area contributed by atoms with Crippen molar-refractivity contribution in [3.63, 3.8) is 0 Å². The normalized spacial score (nSPS) is 18.3. The summed E-state index contributed by atoms with van der Waals surface area (Å²) in [5.41, 5.74) is 1.63. The number of rotatable bonds is 4. The van der Waals surface area contributed by atoms with Crippen LogP contribution in [0.15, 0.2) is 24.3 Å². The molecule has 2 amide bonds. The molecule has 0 spiro atoms. The number of anilines is 1. The van der Waals surface area contributed by atoms with Gasteiger partial charge >= 0.3 is 12.0 Å². The highest BCUT2D eigenvalue weighted by atomic mass is 32.2. The lowest BCUT2D eigenvalue weighted by atomic mass is 10.1. The second kappa shape index (κ2) is 7.36. The predicted molar refractivity (Wildman–Crippen MR) is 84.9 cm³/mol. The van der Waals surface area contributed by atoms with E-state index in [1.165, 1.54) is 0 Å². The van der Waals surface area contributed by atoms with Crippen LogP contribution in [0.2, 0.25) is 0 Å². The number of carboxylic acids is 1. The molecule has 1 saturated heterocycles. The van der Waals surface area contributed by atoms with Crippen molar-refractivity contribution in [1.29, 1.82) is 0 Å². The van der Waals surface area contributed by atoms with Crippen molar-refractivity contribution in [2.45, 2.75) is 25.0 Å². The number of amides is 2. The number of hydrogen-bond acceptors (Lipinski definition) is 3. The molecular weight excluding hydrogens is 288 g/mol. The Morgan fingerprint density at radius 3 is 3.00 bits per heavy atom. The molecule has 1 aliphatic rings. The molecule has 6 heteroatoms. The molecule has 1 heterocycles. The molecule has 0 bridgehead atoms. The molecule has 1 aromatic carbocycles. The third-order valence-electron chi connectivity index (χ3n) is 3.33. The smallest absolute Gasteiger partial charge is 0.321 e. The van der Waals surface area contributed by atoms with Crippen molar-refractivity contribution < 1.29 is 14.7 Å². The fraction of sp³-hybridized carbons (Fsp3) is 0.467. The van der Waals surface area contributed by atoms with E-state index in [4.69, 9.17) is 5.11 Å². The highest BCUT2D eigenvalue weighted by Gasteiger charge is 2.21. The van der Waals surface area contributed by atoms with Gasteiger partial charge in [-0.15, -0.1) is 0 Å². The Kier molecular flexibility index (Phi) is 5.50. The summed E-state index contributed by atoms with van der Waals surface area (Å²) in [4.78, 5) is 24.6. The first-order valence-corrected chi connectivity index (χ1v) is 8.08. The van der Waals surface area contributed by atoms with Gasteiger partial charge in [-0.05, 0) is 24.1 Å². The zero-order chi connectivity index (χ0) is 15.2. The van der Waals surface area contributed by atoms with Crippen LogP contribution in [0.4, 0.5) is 10.5 Å². The van der Waals surface area contributed by atoms with Gasteiger partial charge in [-0.1, -0.05) is 19.1 Å². The third-order valence-corrected chi connectivity index (χ3v) is 4.47. The monoisotopic (exact) mass is 308 g/mol. The number of carbonyl (C=O) groups excluding carboxylic acids is 1. The molecule has 5 nitrogen and oxygen atoms in total. The van der Waals surface area contributed by atoms with Crippen LogP contribution in [0.1, 0.15) is 18.9 Å². The lowest BCUT2D eigenvalue weighted by Gasteiger charge is -2.30. The minimum atomic E-state index is -0.816. The van der Waals surface area contributed by atoms with E-state index in [2.05, 4.69) is 12.2 Å². The van der Waals surface area contributed by atoms with Crippen molar-refractivity contribution >= 4 is 29.4 Å². The van der Waals surface area contributed by atoms with Gasteiger partial charge in [-0.3, -0.25) is 4.79 Å². The van der Waals surface area contributed by atoms with Gasteiger partial charge in [0.15, 0.2) is 0 Å². The standard InChI is InChI=1S/C15H20N2O3S/c1-11-10-17(7-8-21-11)15(20)16-13-4-2-3-12(9-13)5-6-14(18)19/h2-4,9,11H,5-8,10H2,1H3,(H,16,20)(H,18,19). The van der Waals surface area contributed by atoms with Gasteiger partial charge in [0, 0.05) is 36.2 Å². The number of nitrogens with zero attached hydrogens (tertiary/aromatic N) is 1. The number of nitrogens with one attached hydrogen (secondary N) is 1. The molecule has 2 rings (SSSR count). The molecule has 1 unspecified atom stereocenters. The van der Waals surface area contributed by atoms with E-state index in [0.29, 0.717) is 17.4 Å². The maximum absolute atomic E-state index is 12.2. The Morgan fingerprint density at radius 2 is 2.29 bits per heavy atom. The lowest BCUT2D eigenvalue weighted by molar-refractivity contribution is -0.136. The Hall–Kier alpha value is -1.69. The van der Waals surface area contributed by atoms with Gasteiger partial charge in [-0.2, -0.15) is 11.8 Å². The van der Waals surface area contributed by atoms with Crippen LogP contribution >= 0.6 is 11.8 Å². The van der Waals surface area contributed by atoms with Crippen molar-refractivity contribution in [2.75, 3.05) is 24.2 Å². The number of carbonyl (C=O) groups is 2. The third kappa shape index (κ3) is 4.97. The van der Waals surface area contributed by atoms with Gasteiger partial charge in [0.2, 0.25) is 0 Å². The van der Waals surface area contributed by atoms with Crippen molar-refractivity contribution in [2.24, 2.45) is 0 Å². The van der Waals surface area contributed by atoms with Crippen molar-refractivity contribution in [1.82, 2.24) is 4.90 Å². The summed E-state index contributed by atoms with van der Waals surface area (Å²) < 4.78 is 0. The number of urea groups is 1. The molecule has 1 atom stereocenters. The van der Waals surface area contributed by atoms with E-state index >= 15 is 0 Å². The first-order chi connectivity index (χ1) is 10.0. The molecule has 1 fully saturated rings. The average molecular weight is 308 g/mol. The van der Waals surface area contributed by atoms with Crippen LogP contribution in [-0.2, 0) is 11.2 Å². The van der Waals surface area contributed by atoms with E-state index in [-0.39, 0.29) is 12.5 Å². The summed E-state index contributed by atoms with van der Waals surface area (Å²) in [5.74, 6) is 0.150. The second-order valence-corrected chi connectivity index (χ2v) is 6.70. The number of hydrogen-bond donors (Lipinski definition) is 2. The lowest BCUT2D eigenvalue weighted by Crippen LogP contribution is -2.43. The van der Waals surface area contributed by atoms with Gasteiger partial charge in [0.05, 0.1) is 0 Å². The van der Waals surface area contributed by atoms with E-state index in [0.717, 1.165) is 24.4 Å². The van der Waals surface area contributed by atoms with Gasteiger partial charge < -0.3 is 15.3 Å². The Labute approximate surface area is 128 Å². The summed E-state index contributed by atoms with van der Waals surface area (Å²) in [6.07, 6.45) is 0.564. The van der Waals surface area contributed by atoms with E-state index in [1.807, 2.05) is 40.9 Å². The molecule has 0 saturated carbocycles. The van der Waals surface area contributed by atoms with Crippen LogP contribution in [0.5, 0.6) is 0 Å². The number of thioether (sulfide) groups is 1. The number of carboxylic acid groups (broad SMARTS) is 1. The summed E-state index contributed by atoms with van der Waals surface area (Å²) in [7, 11) is 0. The number of aliphatic carboxylic acids is 1. The zero-order valence-corrected chi connectivity index (χ0v) is 12.9. The topological polar surface area (TPSA) is 69.6 Å². The van der Waals surface area contributed by atoms with Crippen molar-refractivity contribution in [3.8, 4) is 0 Å². The fourth-order valence-corrected chi connectivity index (χ4v) is 3.27. The van der Waals surface area contributed by atoms with E-state index in [9.17, 15) is 9.59 Å². The maximum atomic E-state index is 12.2. The molecule has 1 aromatic rings. The molecule has 1 aliphatic heterocycles. The number of benzene rings is 1. The van der Waals surface area contributed by atoms with Gasteiger partial charge in [-0.25, -0.2) is 4.79 Å². The minimum absolute atomic E-state index is 0.0856. The molecular formula is C15H20N2O3S. The zero-order valence-electron chi connectivity index (χ0n) is 12.0. The van der Waals surface area contributed by atoms with E-state index in [1.54, 1.807) is 0 Å². The molecule has 0 radical (unpaired) electrons. The van der Waals surface area contributed by atoms with Crippen LogP contribution in [0.3, 0.4) is 0 Å². The summed E-state index contributed by atoms with van der Waals surface area (Å²) in [6, 6.07) is 7.28. The Morgan fingerprint density at radius 1 is 1.48 bits per heavy atom. The summed E-state index contributed by atoms with van der Waals surface area (Å²) in [6.45, 7) is 3.64. The second-order valence-electron chi connectivity index (χ2n) is 5.15. The Balaban J connectivity index is 1.94. The largest absolute Gasteiger partial charge is 0.481 e. The van der Waals surface area contributed by atoms with Crippen LogP contribution in [0.25, 0.3) is 0 Å². The first-order valence-electron chi connectivity index (χ1n) is 7.03. The SMILES string of the molecule is CC1CN(C(=O)Nc2cccc(CCC(=O)O)c2)CCS1. The van der Waals surface area contributed by atoms with Crippen LogP contribution < -0.4 is 5.32 Å². The maximum Gasteiger partial charge on any atom is 0.321 e. The van der Waals surface area contributed by atoms with Crippen LogP contribution in [-0.4, -0.2) is 46.1 Å². The molecule has 2 N–H and O–H groups in total. The molecule has 114 valence electrons. The van der Waals surface area contributed by atoms with E-state index < -0.39 is 5.97 Å². The molecule has 21 heavy (non-hydrogen) atoms. The summed E-state index contributed by atoms with van der Waals surface area (Å²) in [5, 5.41) is 12.1. The average Bonchev–Trinajstić information content (AvgIpc) is 2.45. The number of aryl methyl sites for hydroxylation is 1. The van der Waals surface area contributed by atoms with Gasteiger partial charge in [0.1, 0.15) is 0 Å². The molecule has 0 aliphatic carbocycles. The highest BCUT2D eigenvalue weighted by molar-refractivity contribution is 7.99.